The van der Waals surface area contributed by atoms with E-state index in [4.69, 9.17) is 17.3 Å². The first-order chi connectivity index (χ1) is 9.76. The number of benzene rings is 1. The number of anilines is 1. The minimum atomic E-state index is -3.61. The summed E-state index contributed by atoms with van der Waals surface area (Å²) >= 11 is 9.39. The second-order valence-electron chi connectivity index (χ2n) is 4.61. The highest BCUT2D eigenvalue weighted by atomic mass is 79.9. The number of nitrogens with two attached hydrogens (primary N) is 1. The van der Waals surface area contributed by atoms with Crippen LogP contribution in [0.15, 0.2) is 27.6 Å². The maximum atomic E-state index is 12.6. The van der Waals surface area contributed by atoms with E-state index in [1.54, 1.807) is 10.7 Å². The Morgan fingerprint density at radius 1 is 1.43 bits per heavy atom. The number of aryl methyl sites for hydroxylation is 2. The van der Waals surface area contributed by atoms with Crippen LogP contribution in [-0.2, 0) is 22.1 Å². The number of halogens is 2. The lowest BCUT2D eigenvalue weighted by molar-refractivity contribution is 0.585. The van der Waals surface area contributed by atoms with E-state index in [9.17, 15) is 8.42 Å². The summed E-state index contributed by atoms with van der Waals surface area (Å²) in [6.07, 6.45) is 0. The fraction of sp³-hybridized carbons (Fsp3) is 0.308. The number of aromatic nitrogens is 2. The van der Waals surface area contributed by atoms with Gasteiger partial charge in [0.05, 0.1) is 31.5 Å². The van der Waals surface area contributed by atoms with E-state index in [-0.39, 0.29) is 15.7 Å². The number of nitrogen functional groups attached to an aromatic ring is 1. The Bertz CT molecular complexity index is 787. The van der Waals surface area contributed by atoms with Gasteiger partial charge in [-0.15, -0.1) is 0 Å². The van der Waals surface area contributed by atoms with Crippen molar-refractivity contribution in [2.75, 3.05) is 5.73 Å². The molecule has 0 aliphatic rings. The molecule has 0 unspecified atom stereocenters. The fourth-order valence-electron chi connectivity index (χ4n) is 2.02. The van der Waals surface area contributed by atoms with E-state index in [2.05, 4.69) is 21.0 Å². The summed E-state index contributed by atoms with van der Waals surface area (Å²) in [6, 6.07) is 4.43. The van der Waals surface area contributed by atoms with Crippen molar-refractivity contribution in [3.63, 3.8) is 0 Å². The van der Waals surface area contributed by atoms with Crippen LogP contribution in [0.3, 0.4) is 0 Å². The molecule has 1 aromatic heterocycles. The lowest BCUT2D eigenvalue weighted by atomic mass is 10.3. The second kappa shape index (κ2) is 5.98. The van der Waals surface area contributed by atoms with Crippen LogP contribution in [0, 0.1) is 6.92 Å². The summed E-state index contributed by atoms with van der Waals surface area (Å²) in [5.74, 6) is -0.189. The van der Waals surface area contributed by atoms with Crippen LogP contribution in [-0.4, -0.2) is 18.2 Å². The molecule has 5 nitrogen and oxygen atoms in total. The Labute approximate surface area is 137 Å². The van der Waals surface area contributed by atoms with E-state index in [1.165, 1.54) is 12.1 Å². The first-order valence-electron chi connectivity index (χ1n) is 6.25. The molecule has 2 aromatic rings. The highest BCUT2D eigenvalue weighted by Crippen LogP contribution is 2.29. The normalized spacial score (nSPS) is 11.8. The molecule has 0 atom stereocenters. The van der Waals surface area contributed by atoms with Crippen molar-refractivity contribution in [1.82, 2.24) is 9.78 Å². The van der Waals surface area contributed by atoms with Crippen molar-refractivity contribution in [3.8, 4) is 0 Å². The molecule has 0 saturated carbocycles. The van der Waals surface area contributed by atoms with Crippen LogP contribution in [0.25, 0.3) is 0 Å². The van der Waals surface area contributed by atoms with Gasteiger partial charge in [0.2, 0.25) is 0 Å². The fourth-order valence-corrected chi connectivity index (χ4v) is 4.59. The molecule has 1 aromatic carbocycles. The van der Waals surface area contributed by atoms with Gasteiger partial charge in [0.15, 0.2) is 9.84 Å². The van der Waals surface area contributed by atoms with Crippen LogP contribution in [0.5, 0.6) is 0 Å². The number of sulfone groups is 1. The topological polar surface area (TPSA) is 78.0 Å². The van der Waals surface area contributed by atoms with Crippen molar-refractivity contribution >= 4 is 43.1 Å². The molecule has 0 saturated heterocycles. The van der Waals surface area contributed by atoms with E-state index in [0.29, 0.717) is 22.4 Å². The molecule has 0 fully saturated rings. The third kappa shape index (κ3) is 3.25. The van der Waals surface area contributed by atoms with Gasteiger partial charge < -0.3 is 5.73 Å². The third-order valence-corrected chi connectivity index (χ3v) is 6.20. The van der Waals surface area contributed by atoms with Crippen LogP contribution >= 0.6 is 27.5 Å². The molecule has 0 amide bonds. The lowest BCUT2D eigenvalue weighted by Crippen LogP contribution is -2.11. The smallest absolute Gasteiger partial charge is 0.185 e. The Hall–Kier alpha value is -1.05. The molecule has 1 heterocycles. The van der Waals surface area contributed by atoms with E-state index < -0.39 is 9.84 Å². The predicted molar refractivity (Wildman–Crippen MR) is 87.1 cm³/mol. The van der Waals surface area contributed by atoms with E-state index >= 15 is 0 Å². The monoisotopic (exact) mass is 391 g/mol. The van der Waals surface area contributed by atoms with Gasteiger partial charge in [0, 0.05) is 12.2 Å². The lowest BCUT2D eigenvalue weighted by Gasteiger charge is -2.09. The first-order valence-corrected chi connectivity index (χ1v) is 9.08. The quantitative estimate of drug-likeness (QED) is 0.811. The van der Waals surface area contributed by atoms with Gasteiger partial charge in [-0.1, -0.05) is 11.6 Å². The van der Waals surface area contributed by atoms with Gasteiger partial charge in [0.25, 0.3) is 0 Å². The van der Waals surface area contributed by atoms with Crippen molar-refractivity contribution in [2.45, 2.75) is 31.0 Å². The number of hydrogen-bond acceptors (Lipinski definition) is 4. The minimum Gasteiger partial charge on any atom is -0.399 e. The van der Waals surface area contributed by atoms with Crippen LogP contribution in [0.1, 0.15) is 18.3 Å². The molecule has 2 N–H and O–H groups in total. The molecule has 0 aliphatic carbocycles. The zero-order valence-electron chi connectivity index (χ0n) is 11.6. The minimum absolute atomic E-state index is 0.0394. The molecule has 0 spiro atoms. The first kappa shape index (κ1) is 16.3. The average molecular weight is 393 g/mol. The summed E-state index contributed by atoms with van der Waals surface area (Å²) < 4.78 is 27.6. The molecule has 0 radical (unpaired) electrons. The Morgan fingerprint density at radius 3 is 2.71 bits per heavy atom. The van der Waals surface area contributed by atoms with Crippen molar-refractivity contribution in [2.24, 2.45) is 0 Å². The van der Waals surface area contributed by atoms with Crippen LogP contribution < -0.4 is 5.73 Å². The van der Waals surface area contributed by atoms with Crippen LogP contribution in [0.4, 0.5) is 5.69 Å². The highest BCUT2D eigenvalue weighted by molar-refractivity contribution is 9.10. The predicted octanol–water partition coefficient (Wildman–Crippen LogP) is 3.18. The van der Waals surface area contributed by atoms with Crippen molar-refractivity contribution in [1.29, 1.82) is 0 Å². The number of rotatable bonds is 4. The van der Waals surface area contributed by atoms with Crippen molar-refractivity contribution < 1.29 is 8.42 Å². The Morgan fingerprint density at radius 2 is 2.10 bits per heavy atom. The van der Waals surface area contributed by atoms with Gasteiger partial charge >= 0.3 is 0 Å². The van der Waals surface area contributed by atoms with Gasteiger partial charge in [-0.2, -0.15) is 5.10 Å². The van der Waals surface area contributed by atoms with E-state index in [0.717, 1.165) is 5.69 Å². The zero-order valence-corrected chi connectivity index (χ0v) is 14.8. The summed E-state index contributed by atoms with van der Waals surface area (Å²) in [4.78, 5) is 0.0394. The molecule has 114 valence electrons. The molecular weight excluding hydrogens is 378 g/mol. The second-order valence-corrected chi connectivity index (χ2v) is 7.77. The molecule has 0 aliphatic heterocycles. The van der Waals surface area contributed by atoms with Gasteiger partial charge in [-0.25, -0.2) is 8.42 Å². The summed E-state index contributed by atoms with van der Waals surface area (Å²) in [5, 5.41) is 4.46. The summed E-state index contributed by atoms with van der Waals surface area (Å²) in [5.41, 5.74) is 7.37. The molecule has 21 heavy (non-hydrogen) atoms. The van der Waals surface area contributed by atoms with Crippen molar-refractivity contribution in [3.05, 3.63) is 39.1 Å². The Kier molecular flexibility index (Phi) is 4.65. The largest absolute Gasteiger partial charge is 0.399 e. The molecule has 0 bridgehead atoms. The maximum Gasteiger partial charge on any atom is 0.185 e. The van der Waals surface area contributed by atoms with Gasteiger partial charge in [-0.05, 0) is 48.0 Å². The standard InChI is InChI=1S/C13H15BrClN3O2S/c1-3-18-11(13(14)8(2)17-18)7-21(19,20)12-6-9(16)4-5-10(12)15/h4-6H,3,7,16H2,1-2H3. The average Bonchev–Trinajstić information content (AvgIpc) is 2.68. The number of hydrogen-bond donors (Lipinski definition) is 1. The maximum absolute atomic E-state index is 12.6. The molecule has 2 rings (SSSR count). The summed E-state index contributed by atoms with van der Waals surface area (Å²) in [7, 11) is -3.61. The third-order valence-electron chi connectivity index (χ3n) is 3.07. The van der Waals surface area contributed by atoms with E-state index in [1.807, 2.05) is 13.8 Å². The molecular formula is C13H15BrClN3O2S. The number of nitrogens with zero attached hydrogens (tertiary/aromatic N) is 2. The van der Waals surface area contributed by atoms with Gasteiger partial charge in [-0.3, -0.25) is 4.68 Å². The van der Waals surface area contributed by atoms with Crippen LogP contribution in [0.2, 0.25) is 5.02 Å². The Balaban J connectivity index is 2.50. The molecule has 8 heteroatoms. The zero-order chi connectivity index (χ0) is 15.8. The van der Waals surface area contributed by atoms with Gasteiger partial charge in [0.1, 0.15) is 0 Å². The highest BCUT2D eigenvalue weighted by Gasteiger charge is 2.24. The SMILES string of the molecule is CCn1nc(C)c(Br)c1CS(=O)(=O)c1cc(N)ccc1Cl. The summed E-state index contributed by atoms with van der Waals surface area (Å²) in [6.45, 7) is 4.31.